The first kappa shape index (κ1) is 16.1. The van der Waals surface area contributed by atoms with Gasteiger partial charge in [-0.15, -0.1) is 0 Å². The third kappa shape index (κ3) is 3.13. The normalized spacial score (nSPS) is 24.4. The van der Waals surface area contributed by atoms with Gasteiger partial charge >= 0.3 is 12.1 Å². The topological polar surface area (TPSA) is 97.6 Å². The molecule has 1 aromatic rings. The molecular weight excluding hydrogens is 284 g/mol. The predicted molar refractivity (Wildman–Crippen MR) is 81.0 cm³/mol. The minimum Gasteiger partial charge on any atom is -0.444 e. The Morgan fingerprint density at radius 2 is 2.14 bits per heavy atom. The highest BCUT2D eigenvalue weighted by atomic mass is 16.6. The third-order valence-corrected chi connectivity index (χ3v) is 3.64. The van der Waals surface area contributed by atoms with E-state index in [2.05, 4.69) is 10.3 Å². The van der Waals surface area contributed by atoms with Crippen molar-refractivity contribution < 1.29 is 14.3 Å². The number of urea groups is 1. The highest BCUT2D eigenvalue weighted by Crippen LogP contribution is 2.41. The van der Waals surface area contributed by atoms with Crippen molar-refractivity contribution in [3.05, 3.63) is 30.1 Å². The molecule has 3 N–H and O–H groups in total. The number of likely N-dealkylation sites (tertiary alicyclic amines) is 1. The molecule has 0 aromatic carbocycles. The van der Waals surface area contributed by atoms with Crippen molar-refractivity contribution in [1.82, 2.24) is 15.2 Å². The number of nitrogens with two attached hydrogens (primary N) is 1. The maximum atomic E-state index is 12.3. The number of hydrogen-bond acceptors (Lipinski definition) is 4. The number of aromatic nitrogens is 1. The Hall–Kier alpha value is -2.31. The van der Waals surface area contributed by atoms with Gasteiger partial charge in [0.25, 0.3) is 0 Å². The SMILES string of the molecule is CC(C)(C)OC(=O)N1CC(c2ccccn2)C1(C)NC(N)=O. The fourth-order valence-electron chi connectivity index (χ4n) is 2.57. The van der Waals surface area contributed by atoms with Crippen molar-refractivity contribution in [3.8, 4) is 0 Å². The second-order valence-corrected chi connectivity index (χ2v) is 6.53. The van der Waals surface area contributed by atoms with Gasteiger partial charge in [0.1, 0.15) is 11.3 Å². The van der Waals surface area contributed by atoms with E-state index in [9.17, 15) is 9.59 Å². The summed E-state index contributed by atoms with van der Waals surface area (Å²) in [5.41, 5.74) is 4.49. The summed E-state index contributed by atoms with van der Waals surface area (Å²) >= 11 is 0. The van der Waals surface area contributed by atoms with Crippen LogP contribution in [0.4, 0.5) is 9.59 Å². The van der Waals surface area contributed by atoms with Crippen molar-refractivity contribution in [1.29, 1.82) is 0 Å². The zero-order chi connectivity index (χ0) is 16.5. The van der Waals surface area contributed by atoms with E-state index in [4.69, 9.17) is 10.5 Å². The number of amides is 3. The van der Waals surface area contributed by atoms with Crippen molar-refractivity contribution in [2.24, 2.45) is 5.73 Å². The van der Waals surface area contributed by atoms with Crippen LogP contribution in [0.2, 0.25) is 0 Å². The molecule has 0 radical (unpaired) electrons. The molecule has 3 amide bonds. The van der Waals surface area contributed by atoms with Crippen LogP contribution in [0, 0.1) is 0 Å². The summed E-state index contributed by atoms with van der Waals surface area (Å²) in [5, 5.41) is 2.64. The molecule has 0 bridgehead atoms. The lowest BCUT2D eigenvalue weighted by molar-refractivity contribution is -0.0620. The van der Waals surface area contributed by atoms with Crippen LogP contribution in [0.25, 0.3) is 0 Å². The Morgan fingerprint density at radius 1 is 1.45 bits per heavy atom. The fraction of sp³-hybridized carbons (Fsp3) is 0.533. The summed E-state index contributed by atoms with van der Waals surface area (Å²) in [7, 11) is 0. The summed E-state index contributed by atoms with van der Waals surface area (Å²) in [4.78, 5) is 29.4. The first-order valence-electron chi connectivity index (χ1n) is 7.12. The number of rotatable bonds is 2. The highest BCUT2D eigenvalue weighted by molar-refractivity contribution is 5.76. The number of carbonyl (C=O) groups excluding carboxylic acids is 2. The monoisotopic (exact) mass is 306 g/mol. The molecule has 2 unspecified atom stereocenters. The average Bonchev–Trinajstić information content (AvgIpc) is 2.35. The van der Waals surface area contributed by atoms with E-state index in [1.54, 1.807) is 33.9 Å². The molecule has 2 atom stereocenters. The van der Waals surface area contributed by atoms with Gasteiger partial charge in [-0.1, -0.05) is 6.07 Å². The van der Waals surface area contributed by atoms with Gasteiger partial charge in [0.2, 0.25) is 0 Å². The summed E-state index contributed by atoms with van der Waals surface area (Å²) < 4.78 is 5.38. The third-order valence-electron chi connectivity index (χ3n) is 3.64. The van der Waals surface area contributed by atoms with Crippen molar-refractivity contribution >= 4 is 12.1 Å². The van der Waals surface area contributed by atoms with Crippen LogP contribution in [-0.4, -0.2) is 39.8 Å². The highest BCUT2D eigenvalue weighted by Gasteiger charge is 2.55. The minimum atomic E-state index is -0.956. The molecular formula is C15H22N4O3. The molecule has 1 aliphatic heterocycles. The van der Waals surface area contributed by atoms with Crippen LogP contribution in [-0.2, 0) is 4.74 Å². The Bertz CT molecular complexity index is 570. The molecule has 1 fully saturated rings. The van der Waals surface area contributed by atoms with Crippen LogP contribution < -0.4 is 11.1 Å². The molecule has 7 heteroatoms. The fourth-order valence-corrected chi connectivity index (χ4v) is 2.57. The lowest BCUT2D eigenvalue weighted by Crippen LogP contribution is -2.74. The number of nitrogens with zero attached hydrogens (tertiary/aromatic N) is 2. The van der Waals surface area contributed by atoms with E-state index >= 15 is 0 Å². The number of ether oxygens (including phenoxy) is 1. The van der Waals surface area contributed by atoms with Gasteiger partial charge in [0.05, 0.1) is 5.92 Å². The first-order chi connectivity index (χ1) is 10.1. The Balaban J connectivity index is 2.23. The zero-order valence-electron chi connectivity index (χ0n) is 13.3. The molecule has 0 saturated carbocycles. The van der Waals surface area contributed by atoms with Crippen LogP contribution in [0.15, 0.2) is 24.4 Å². The summed E-state index contributed by atoms with van der Waals surface area (Å²) in [5.74, 6) is -0.145. The summed E-state index contributed by atoms with van der Waals surface area (Å²) in [6.07, 6.45) is 1.19. The number of pyridine rings is 1. The van der Waals surface area contributed by atoms with E-state index in [1.807, 2.05) is 18.2 Å². The smallest absolute Gasteiger partial charge is 0.412 e. The number of carbonyl (C=O) groups is 2. The van der Waals surface area contributed by atoms with Crippen molar-refractivity contribution in [3.63, 3.8) is 0 Å². The molecule has 1 aliphatic rings. The minimum absolute atomic E-state index is 0.145. The Labute approximate surface area is 129 Å². The zero-order valence-corrected chi connectivity index (χ0v) is 13.3. The first-order valence-corrected chi connectivity index (χ1v) is 7.12. The molecule has 0 aliphatic carbocycles. The Kier molecular flexibility index (Phi) is 4.00. The molecule has 120 valence electrons. The molecule has 0 spiro atoms. The second-order valence-electron chi connectivity index (χ2n) is 6.53. The second kappa shape index (κ2) is 5.47. The van der Waals surface area contributed by atoms with Crippen molar-refractivity contribution in [2.75, 3.05) is 6.54 Å². The van der Waals surface area contributed by atoms with E-state index in [0.717, 1.165) is 5.69 Å². The molecule has 22 heavy (non-hydrogen) atoms. The number of primary amides is 1. The summed E-state index contributed by atoms with van der Waals surface area (Å²) in [6.45, 7) is 7.52. The lowest BCUT2D eigenvalue weighted by atomic mass is 9.80. The predicted octanol–water partition coefficient (Wildman–Crippen LogP) is 1.80. The van der Waals surface area contributed by atoms with Crippen LogP contribution in [0.5, 0.6) is 0 Å². The lowest BCUT2D eigenvalue weighted by Gasteiger charge is -2.55. The quantitative estimate of drug-likeness (QED) is 0.870. The van der Waals surface area contributed by atoms with Gasteiger partial charge < -0.3 is 15.8 Å². The van der Waals surface area contributed by atoms with Gasteiger partial charge in [-0.05, 0) is 39.8 Å². The largest absolute Gasteiger partial charge is 0.444 e. The van der Waals surface area contributed by atoms with Crippen LogP contribution >= 0.6 is 0 Å². The van der Waals surface area contributed by atoms with Gasteiger partial charge in [-0.3, -0.25) is 9.88 Å². The van der Waals surface area contributed by atoms with Gasteiger partial charge in [-0.25, -0.2) is 9.59 Å². The summed E-state index contributed by atoms with van der Waals surface area (Å²) in [6, 6.07) is 4.84. The van der Waals surface area contributed by atoms with E-state index < -0.39 is 23.4 Å². The molecule has 7 nitrogen and oxygen atoms in total. The maximum Gasteiger partial charge on any atom is 0.412 e. The van der Waals surface area contributed by atoms with Crippen LogP contribution in [0.1, 0.15) is 39.3 Å². The maximum absolute atomic E-state index is 12.3. The number of hydrogen-bond donors (Lipinski definition) is 2. The standard InChI is InChI=1S/C15H22N4O3/c1-14(2,3)22-13(21)19-9-10(11-7-5-6-8-17-11)15(19,4)18-12(16)20/h5-8,10H,9H2,1-4H3,(H3,16,18,20). The van der Waals surface area contributed by atoms with Crippen LogP contribution in [0.3, 0.4) is 0 Å². The van der Waals surface area contributed by atoms with Gasteiger partial charge in [0.15, 0.2) is 0 Å². The Morgan fingerprint density at radius 3 is 2.64 bits per heavy atom. The average molecular weight is 306 g/mol. The molecule has 1 saturated heterocycles. The van der Waals surface area contributed by atoms with E-state index in [1.165, 1.54) is 4.90 Å². The van der Waals surface area contributed by atoms with E-state index in [0.29, 0.717) is 6.54 Å². The molecule has 2 heterocycles. The molecule has 1 aromatic heterocycles. The van der Waals surface area contributed by atoms with Gasteiger partial charge in [-0.2, -0.15) is 0 Å². The van der Waals surface area contributed by atoms with E-state index in [-0.39, 0.29) is 5.92 Å². The molecule has 2 rings (SSSR count). The number of nitrogens with one attached hydrogen (secondary N) is 1. The van der Waals surface area contributed by atoms with Gasteiger partial charge in [0, 0.05) is 18.4 Å². The van der Waals surface area contributed by atoms with Crippen molar-refractivity contribution in [2.45, 2.75) is 44.9 Å².